The lowest BCUT2D eigenvalue weighted by Gasteiger charge is -2.22. The van der Waals surface area contributed by atoms with E-state index in [9.17, 15) is 18.0 Å². The molecular formula is C16H22N2O7S. The fourth-order valence-electron chi connectivity index (χ4n) is 2.59. The van der Waals surface area contributed by atoms with Gasteiger partial charge in [-0.1, -0.05) is 12.2 Å². The highest BCUT2D eigenvalue weighted by Crippen LogP contribution is 2.27. The molecule has 1 aromatic rings. The van der Waals surface area contributed by atoms with Crippen LogP contribution in [0.5, 0.6) is 0 Å². The van der Waals surface area contributed by atoms with Crippen molar-refractivity contribution >= 4 is 21.9 Å². The van der Waals surface area contributed by atoms with Crippen LogP contribution in [-0.2, 0) is 19.6 Å². The number of furan rings is 1. The number of carboxylic acid groups (broad SMARTS) is 1. The fraction of sp³-hybridized carbons (Fsp3) is 0.500. The summed E-state index contributed by atoms with van der Waals surface area (Å²) in [4.78, 5) is 23.2. The molecular weight excluding hydrogens is 364 g/mol. The minimum absolute atomic E-state index is 0.162. The molecule has 10 heteroatoms. The predicted octanol–water partition coefficient (Wildman–Crippen LogP) is 0.840. The monoisotopic (exact) mass is 386 g/mol. The summed E-state index contributed by atoms with van der Waals surface area (Å²) in [6.45, 7) is 6.62. The lowest BCUT2D eigenvalue weighted by Crippen LogP contribution is -2.46. The molecule has 2 N–H and O–H groups in total. The van der Waals surface area contributed by atoms with Crippen LogP contribution < -0.4 is 5.32 Å². The first-order valence-electron chi connectivity index (χ1n) is 8.08. The molecule has 0 spiro atoms. The Labute approximate surface area is 151 Å². The van der Waals surface area contributed by atoms with E-state index in [1.807, 2.05) is 6.92 Å². The number of hydrogen-bond acceptors (Lipinski definition) is 6. The van der Waals surface area contributed by atoms with E-state index in [4.69, 9.17) is 14.3 Å². The molecule has 9 nitrogen and oxygen atoms in total. The third-order valence-electron chi connectivity index (χ3n) is 3.76. The number of nitrogens with zero attached hydrogens (tertiary/aromatic N) is 1. The minimum atomic E-state index is -4.09. The standard InChI is InChI=1S/C16H22N2O7S/c1-11(2)10-24-9-7-17-15(19)12-4-3-8-18(12)26(22,23)14-6-5-13(25-14)16(20)21/h5-6,12H,1,3-4,7-10H2,2H3,(H,17,19)(H,20,21). The molecule has 0 saturated carbocycles. The van der Waals surface area contributed by atoms with E-state index in [1.54, 1.807) is 0 Å². The number of rotatable bonds is 9. The van der Waals surface area contributed by atoms with E-state index in [1.165, 1.54) is 0 Å². The molecule has 0 radical (unpaired) electrons. The average Bonchev–Trinajstić information content (AvgIpc) is 3.23. The molecule has 1 aliphatic rings. The smallest absolute Gasteiger partial charge is 0.371 e. The van der Waals surface area contributed by atoms with E-state index >= 15 is 0 Å². The highest BCUT2D eigenvalue weighted by molar-refractivity contribution is 7.89. The van der Waals surface area contributed by atoms with E-state index in [0.29, 0.717) is 19.4 Å². The van der Waals surface area contributed by atoms with E-state index in [2.05, 4.69) is 11.9 Å². The van der Waals surface area contributed by atoms with Crippen molar-refractivity contribution in [1.82, 2.24) is 9.62 Å². The molecule has 1 atom stereocenters. The Bertz CT molecular complexity index is 784. The van der Waals surface area contributed by atoms with Crippen molar-refractivity contribution in [3.05, 3.63) is 30.0 Å². The zero-order valence-electron chi connectivity index (χ0n) is 14.4. The van der Waals surface area contributed by atoms with Gasteiger partial charge < -0.3 is 19.6 Å². The Morgan fingerprint density at radius 1 is 1.46 bits per heavy atom. The van der Waals surface area contributed by atoms with Crippen molar-refractivity contribution in [2.45, 2.75) is 30.9 Å². The van der Waals surface area contributed by atoms with Crippen LogP contribution in [0, 0.1) is 0 Å². The van der Waals surface area contributed by atoms with Crippen molar-refractivity contribution in [3.63, 3.8) is 0 Å². The summed E-state index contributed by atoms with van der Waals surface area (Å²) in [5.41, 5.74) is 0.864. The van der Waals surface area contributed by atoms with Gasteiger partial charge in [-0.25, -0.2) is 13.2 Å². The second-order valence-corrected chi connectivity index (χ2v) is 7.82. The van der Waals surface area contributed by atoms with Gasteiger partial charge >= 0.3 is 5.97 Å². The number of nitrogens with one attached hydrogen (secondary N) is 1. The van der Waals surface area contributed by atoms with Crippen LogP contribution in [-0.4, -0.2) is 62.1 Å². The first-order chi connectivity index (χ1) is 12.2. The number of carbonyl (C=O) groups is 2. The quantitative estimate of drug-likeness (QED) is 0.476. The van der Waals surface area contributed by atoms with Crippen molar-refractivity contribution in [1.29, 1.82) is 0 Å². The number of ether oxygens (including phenoxy) is 1. The number of aromatic carboxylic acids is 1. The third-order valence-corrected chi connectivity index (χ3v) is 5.54. The van der Waals surface area contributed by atoms with Gasteiger partial charge in [0, 0.05) is 13.1 Å². The molecule has 1 saturated heterocycles. The van der Waals surface area contributed by atoms with E-state index in [0.717, 1.165) is 22.0 Å². The van der Waals surface area contributed by atoms with Gasteiger partial charge in [-0.15, -0.1) is 0 Å². The predicted molar refractivity (Wildman–Crippen MR) is 91.2 cm³/mol. The fourth-order valence-corrected chi connectivity index (χ4v) is 4.16. The second kappa shape index (κ2) is 8.47. The van der Waals surface area contributed by atoms with Gasteiger partial charge in [-0.05, 0) is 31.9 Å². The van der Waals surface area contributed by atoms with Gasteiger partial charge in [0.05, 0.1) is 13.2 Å². The third kappa shape index (κ3) is 4.71. The maximum atomic E-state index is 12.7. The van der Waals surface area contributed by atoms with Crippen molar-refractivity contribution in [2.24, 2.45) is 0 Å². The topological polar surface area (TPSA) is 126 Å². The molecule has 1 amide bonds. The molecule has 0 bridgehead atoms. The summed E-state index contributed by atoms with van der Waals surface area (Å²) in [6, 6.07) is 1.29. The number of amides is 1. The maximum Gasteiger partial charge on any atom is 0.371 e. The lowest BCUT2D eigenvalue weighted by atomic mass is 10.2. The van der Waals surface area contributed by atoms with Crippen LogP contribution in [0.1, 0.15) is 30.3 Å². The van der Waals surface area contributed by atoms with Gasteiger partial charge in [-0.3, -0.25) is 4.79 Å². The Morgan fingerprint density at radius 2 is 2.19 bits per heavy atom. The van der Waals surface area contributed by atoms with Gasteiger partial charge in [-0.2, -0.15) is 4.31 Å². The Balaban J connectivity index is 2.00. The molecule has 0 aliphatic carbocycles. The molecule has 1 unspecified atom stereocenters. The molecule has 1 aliphatic heterocycles. The zero-order valence-corrected chi connectivity index (χ0v) is 15.3. The Morgan fingerprint density at radius 3 is 2.81 bits per heavy atom. The summed E-state index contributed by atoms with van der Waals surface area (Å²) in [5.74, 6) is -2.26. The Kier molecular flexibility index (Phi) is 6.57. The normalized spacial score (nSPS) is 18.0. The molecule has 2 rings (SSSR count). The maximum absolute atomic E-state index is 12.7. The number of carboxylic acids is 1. The molecule has 144 valence electrons. The molecule has 1 fully saturated rings. The SMILES string of the molecule is C=C(C)COCCNC(=O)C1CCCN1S(=O)(=O)c1ccc(C(=O)O)o1. The summed E-state index contributed by atoms with van der Waals surface area (Å²) >= 11 is 0. The first-order valence-corrected chi connectivity index (χ1v) is 9.52. The first kappa shape index (κ1) is 20.1. The van der Waals surface area contributed by atoms with Gasteiger partial charge in [0.25, 0.3) is 10.0 Å². The van der Waals surface area contributed by atoms with Gasteiger partial charge in [0.15, 0.2) is 0 Å². The van der Waals surface area contributed by atoms with Gasteiger partial charge in [0.1, 0.15) is 6.04 Å². The summed E-state index contributed by atoms with van der Waals surface area (Å²) in [7, 11) is -4.09. The van der Waals surface area contributed by atoms with E-state index < -0.39 is 38.8 Å². The highest BCUT2D eigenvalue weighted by Gasteiger charge is 2.41. The lowest BCUT2D eigenvalue weighted by molar-refractivity contribution is -0.124. The van der Waals surface area contributed by atoms with Crippen molar-refractivity contribution in [3.8, 4) is 0 Å². The Hall–Kier alpha value is -2.17. The zero-order chi connectivity index (χ0) is 19.3. The minimum Gasteiger partial charge on any atom is -0.475 e. The number of hydrogen-bond donors (Lipinski definition) is 2. The average molecular weight is 386 g/mol. The van der Waals surface area contributed by atoms with Gasteiger partial charge in [0.2, 0.25) is 16.8 Å². The van der Waals surface area contributed by atoms with Crippen LogP contribution in [0.2, 0.25) is 0 Å². The molecule has 1 aromatic heterocycles. The summed E-state index contributed by atoms with van der Waals surface area (Å²) in [5, 5.41) is 11.0. The molecule has 0 aromatic carbocycles. The number of sulfonamides is 1. The summed E-state index contributed by atoms with van der Waals surface area (Å²) < 4.78 is 36.5. The van der Waals surface area contributed by atoms with E-state index in [-0.39, 0.29) is 19.7 Å². The molecule has 26 heavy (non-hydrogen) atoms. The van der Waals surface area contributed by atoms with Crippen LogP contribution in [0.25, 0.3) is 0 Å². The number of carbonyl (C=O) groups excluding carboxylic acids is 1. The van der Waals surface area contributed by atoms with Crippen LogP contribution in [0.3, 0.4) is 0 Å². The summed E-state index contributed by atoms with van der Waals surface area (Å²) in [6.07, 6.45) is 0.903. The van der Waals surface area contributed by atoms with Crippen molar-refractivity contribution < 1.29 is 32.3 Å². The highest BCUT2D eigenvalue weighted by atomic mass is 32.2. The van der Waals surface area contributed by atoms with Crippen LogP contribution in [0.4, 0.5) is 0 Å². The van der Waals surface area contributed by atoms with Crippen LogP contribution >= 0.6 is 0 Å². The largest absolute Gasteiger partial charge is 0.475 e. The van der Waals surface area contributed by atoms with Crippen molar-refractivity contribution in [2.75, 3.05) is 26.3 Å². The van der Waals surface area contributed by atoms with Crippen LogP contribution in [0.15, 0.2) is 33.8 Å². The second-order valence-electron chi connectivity index (χ2n) is 6.00. The molecule has 2 heterocycles.